The molecule has 4 nitrogen and oxygen atoms in total. The molecule has 0 saturated heterocycles. The van der Waals surface area contributed by atoms with E-state index in [0.717, 1.165) is 33.4 Å². The molecule has 6 heteroatoms. The highest BCUT2D eigenvalue weighted by atomic mass is 79.9. The standard InChI is InChI=1S/C28H27BrFNO3/c1-6-16-7-8-17(29)11-24(16)31-27-15-25(32)21-13-20(19-10-9-18(33-4)12-23(19)30)26(34-5)14-22(21)28(27,2)3/h7-15,31H,6H2,1-5H3. The minimum Gasteiger partial charge on any atom is -0.497 e. The van der Waals surface area contributed by atoms with Gasteiger partial charge in [0.25, 0.3) is 0 Å². The zero-order valence-electron chi connectivity index (χ0n) is 19.9. The highest BCUT2D eigenvalue weighted by Gasteiger charge is 2.36. The molecule has 0 heterocycles. The molecule has 0 atom stereocenters. The molecular weight excluding hydrogens is 497 g/mol. The molecule has 176 valence electrons. The Balaban J connectivity index is 1.82. The molecule has 0 fully saturated rings. The Hall–Kier alpha value is -3.12. The van der Waals surface area contributed by atoms with Crippen molar-refractivity contribution in [2.45, 2.75) is 32.6 Å². The van der Waals surface area contributed by atoms with Crippen LogP contribution < -0.4 is 14.8 Å². The fourth-order valence-electron chi connectivity index (χ4n) is 4.37. The quantitative estimate of drug-likeness (QED) is 0.368. The summed E-state index contributed by atoms with van der Waals surface area (Å²) < 4.78 is 26.6. The SMILES string of the molecule is CCc1ccc(Br)cc1NC1=CC(=O)c2cc(-c3ccc(OC)cc3F)c(OC)cc2C1(C)C. The van der Waals surface area contributed by atoms with Crippen LogP contribution in [0.5, 0.6) is 11.5 Å². The second-order valence-corrected chi connectivity index (χ2v) is 9.69. The lowest BCUT2D eigenvalue weighted by Gasteiger charge is -2.35. The van der Waals surface area contributed by atoms with E-state index in [9.17, 15) is 9.18 Å². The maximum absolute atomic E-state index is 14.9. The summed E-state index contributed by atoms with van der Waals surface area (Å²) in [4.78, 5) is 13.3. The van der Waals surface area contributed by atoms with Gasteiger partial charge in [-0.05, 0) is 53.9 Å². The molecule has 0 spiro atoms. The third-order valence-electron chi connectivity index (χ3n) is 6.42. The molecule has 0 radical (unpaired) electrons. The first-order valence-electron chi connectivity index (χ1n) is 11.1. The van der Waals surface area contributed by atoms with E-state index in [4.69, 9.17) is 9.47 Å². The maximum Gasteiger partial charge on any atom is 0.187 e. The lowest BCUT2D eigenvalue weighted by atomic mass is 9.73. The van der Waals surface area contributed by atoms with Gasteiger partial charge in [0.15, 0.2) is 5.78 Å². The van der Waals surface area contributed by atoms with Gasteiger partial charge in [-0.3, -0.25) is 4.79 Å². The molecule has 0 unspecified atom stereocenters. The van der Waals surface area contributed by atoms with Crippen LogP contribution in [0.4, 0.5) is 10.1 Å². The minimum atomic E-state index is -0.513. The first-order chi connectivity index (χ1) is 16.2. The largest absolute Gasteiger partial charge is 0.497 e. The monoisotopic (exact) mass is 523 g/mol. The summed E-state index contributed by atoms with van der Waals surface area (Å²) in [5.74, 6) is 0.345. The van der Waals surface area contributed by atoms with Crippen LogP contribution in [-0.2, 0) is 11.8 Å². The molecule has 0 amide bonds. The molecule has 4 rings (SSSR count). The van der Waals surface area contributed by atoms with Crippen LogP contribution in [0.15, 0.2) is 64.8 Å². The van der Waals surface area contributed by atoms with E-state index in [1.54, 1.807) is 31.4 Å². The van der Waals surface area contributed by atoms with Gasteiger partial charge in [-0.1, -0.05) is 42.8 Å². The summed E-state index contributed by atoms with van der Waals surface area (Å²) in [5, 5.41) is 3.50. The zero-order chi connectivity index (χ0) is 24.6. The minimum absolute atomic E-state index is 0.136. The number of anilines is 1. The molecule has 0 aromatic heterocycles. The third kappa shape index (κ3) is 4.23. The summed E-state index contributed by atoms with van der Waals surface area (Å²) in [6, 6.07) is 14.3. The predicted molar refractivity (Wildman–Crippen MR) is 138 cm³/mol. The summed E-state index contributed by atoms with van der Waals surface area (Å²) in [6.07, 6.45) is 2.50. The third-order valence-corrected chi connectivity index (χ3v) is 6.91. The Morgan fingerprint density at radius 1 is 0.971 bits per heavy atom. The van der Waals surface area contributed by atoms with Gasteiger partial charge >= 0.3 is 0 Å². The van der Waals surface area contributed by atoms with Gasteiger partial charge in [0.2, 0.25) is 0 Å². The lowest BCUT2D eigenvalue weighted by molar-refractivity contribution is 0.104. The predicted octanol–water partition coefficient (Wildman–Crippen LogP) is 7.30. The Bertz CT molecular complexity index is 1310. The molecule has 1 N–H and O–H groups in total. The van der Waals surface area contributed by atoms with E-state index in [2.05, 4.69) is 48.1 Å². The Labute approximate surface area is 207 Å². The molecular formula is C28H27BrFNO3. The first kappa shape index (κ1) is 24.0. The smallest absolute Gasteiger partial charge is 0.187 e. The van der Waals surface area contributed by atoms with Gasteiger partial charge in [-0.2, -0.15) is 0 Å². The van der Waals surface area contributed by atoms with Crippen LogP contribution in [0.25, 0.3) is 11.1 Å². The number of nitrogens with one attached hydrogen (secondary N) is 1. The number of fused-ring (bicyclic) bond motifs is 1. The molecule has 1 aliphatic rings. The average Bonchev–Trinajstić information content (AvgIpc) is 2.82. The number of halogens is 2. The van der Waals surface area contributed by atoms with Gasteiger partial charge in [0.05, 0.1) is 14.2 Å². The fraction of sp³-hybridized carbons (Fsp3) is 0.250. The second kappa shape index (κ2) is 9.26. The maximum atomic E-state index is 14.9. The Morgan fingerprint density at radius 2 is 1.74 bits per heavy atom. The number of benzene rings is 3. The number of hydrogen-bond donors (Lipinski definition) is 1. The van der Waals surface area contributed by atoms with E-state index in [0.29, 0.717) is 28.2 Å². The number of hydrogen-bond acceptors (Lipinski definition) is 4. The molecule has 0 aliphatic heterocycles. The van der Waals surface area contributed by atoms with E-state index in [1.165, 1.54) is 13.2 Å². The van der Waals surface area contributed by atoms with Crippen LogP contribution in [0.1, 0.15) is 42.3 Å². The van der Waals surface area contributed by atoms with E-state index >= 15 is 0 Å². The number of ketones is 1. The highest BCUT2D eigenvalue weighted by molar-refractivity contribution is 9.10. The molecule has 1 aliphatic carbocycles. The Morgan fingerprint density at radius 3 is 2.38 bits per heavy atom. The zero-order valence-corrected chi connectivity index (χ0v) is 21.5. The molecule has 0 bridgehead atoms. The van der Waals surface area contributed by atoms with Crippen molar-refractivity contribution in [2.75, 3.05) is 19.5 Å². The van der Waals surface area contributed by atoms with Crippen molar-refractivity contribution in [1.82, 2.24) is 0 Å². The van der Waals surface area contributed by atoms with Crippen LogP contribution in [-0.4, -0.2) is 20.0 Å². The number of allylic oxidation sites excluding steroid dienone is 2. The van der Waals surface area contributed by atoms with Gasteiger partial charge in [0, 0.05) is 50.1 Å². The molecule has 0 saturated carbocycles. The fourth-order valence-corrected chi connectivity index (χ4v) is 4.73. The van der Waals surface area contributed by atoms with Gasteiger partial charge in [-0.15, -0.1) is 0 Å². The number of aryl methyl sites for hydroxylation is 1. The van der Waals surface area contributed by atoms with Crippen LogP contribution in [0, 0.1) is 5.82 Å². The van der Waals surface area contributed by atoms with Crippen LogP contribution >= 0.6 is 15.9 Å². The molecule has 3 aromatic rings. The first-order valence-corrected chi connectivity index (χ1v) is 11.9. The molecule has 3 aromatic carbocycles. The highest BCUT2D eigenvalue weighted by Crippen LogP contribution is 2.44. The number of carbonyl (C=O) groups excluding carboxylic acids is 1. The average molecular weight is 524 g/mol. The van der Waals surface area contributed by atoms with Crippen molar-refractivity contribution in [3.05, 3.63) is 87.3 Å². The lowest BCUT2D eigenvalue weighted by Crippen LogP contribution is -2.32. The van der Waals surface area contributed by atoms with Gasteiger partial charge < -0.3 is 14.8 Å². The normalized spacial score (nSPS) is 14.3. The van der Waals surface area contributed by atoms with Crippen molar-refractivity contribution in [2.24, 2.45) is 0 Å². The van der Waals surface area contributed by atoms with Gasteiger partial charge in [0.1, 0.15) is 17.3 Å². The van der Waals surface area contributed by atoms with Crippen molar-refractivity contribution in [3.8, 4) is 22.6 Å². The van der Waals surface area contributed by atoms with Crippen molar-refractivity contribution >= 4 is 27.4 Å². The van der Waals surface area contributed by atoms with Crippen molar-refractivity contribution in [1.29, 1.82) is 0 Å². The number of methoxy groups -OCH3 is 2. The van der Waals surface area contributed by atoms with Crippen LogP contribution in [0.3, 0.4) is 0 Å². The topological polar surface area (TPSA) is 47.6 Å². The Kier molecular flexibility index (Phi) is 6.54. The van der Waals surface area contributed by atoms with E-state index in [-0.39, 0.29) is 5.78 Å². The summed E-state index contributed by atoms with van der Waals surface area (Å²) in [7, 11) is 3.04. The van der Waals surface area contributed by atoms with E-state index in [1.807, 2.05) is 18.2 Å². The summed E-state index contributed by atoms with van der Waals surface area (Å²) in [5.41, 5.74) is 4.62. The molecule has 34 heavy (non-hydrogen) atoms. The number of carbonyl (C=O) groups is 1. The second-order valence-electron chi connectivity index (χ2n) is 8.77. The van der Waals surface area contributed by atoms with Gasteiger partial charge in [-0.25, -0.2) is 4.39 Å². The summed E-state index contributed by atoms with van der Waals surface area (Å²) in [6.45, 7) is 6.22. The number of ether oxygens (including phenoxy) is 2. The van der Waals surface area contributed by atoms with E-state index < -0.39 is 11.2 Å². The number of rotatable bonds is 6. The summed E-state index contributed by atoms with van der Waals surface area (Å²) >= 11 is 3.54. The van der Waals surface area contributed by atoms with Crippen molar-refractivity contribution in [3.63, 3.8) is 0 Å². The van der Waals surface area contributed by atoms with Crippen LogP contribution in [0.2, 0.25) is 0 Å². The van der Waals surface area contributed by atoms with Crippen molar-refractivity contribution < 1.29 is 18.7 Å².